The summed E-state index contributed by atoms with van der Waals surface area (Å²) in [4.78, 5) is 38.0. The molecule has 19 heavy (non-hydrogen) atoms. The van der Waals surface area contributed by atoms with E-state index in [1.54, 1.807) is 0 Å². The number of hydrogen-bond donors (Lipinski definition) is 1. The Hall–Kier alpha value is -2.22. The van der Waals surface area contributed by atoms with Gasteiger partial charge in [0.2, 0.25) is 17.6 Å². The number of anilines is 1. The third kappa shape index (κ3) is 2.48. The van der Waals surface area contributed by atoms with Crippen LogP contribution in [0.3, 0.4) is 0 Å². The number of nitrogens with zero attached hydrogens (tertiary/aromatic N) is 3. The maximum atomic E-state index is 11.8. The van der Waals surface area contributed by atoms with Crippen LogP contribution in [0.5, 0.6) is 0 Å². The van der Waals surface area contributed by atoms with Crippen molar-refractivity contribution < 1.29 is 14.5 Å². The highest BCUT2D eigenvalue weighted by Crippen LogP contribution is 2.32. The smallest absolute Gasteiger partial charge is 0.312 e. The van der Waals surface area contributed by atoms with Crippen LogP contribution >= 0.6 is 11.6 Å². The summed E-state index contributed by atoms with van der Waals surface area (Å²) in [6, 6.07) is 2.42. The van der Waals surface area contributed by atoms with E-state index in [1.165, 1.54) is 6.07 Å². The van der Waals surface area contributed by atoms with Gasteiger partial charge in [0.05, 0.1) is 10.8 Å². The van der Waals surface area contributed by atoms with Crippen molar-refractivity contribution in [2.75, 3.05) is 11.4 Å². The molecule has 1 aromatic rings. The van der Waals surface area contributed by atoms with Gasteiger partial charge < -0.3 is 5.73 Å². The molecule has 2 rings (SSSR count). The van der Waals surface area contributed by atoms with Crippen molar-refractivity contribution in [2.24, 2.45) is 11.7 Å². The van der Waals surface area contributed by atoms with Crippen LogP contribution in [0.4, 0.5) is 11.5 Å². The predicted molar refractivity (Wildman–Crippen MR) is 65.6 cm³/mol. The predicted octanol–water partition coefficient (Wildman–Crippen LogP) is 0.481. The zero-order valence-corrected chi connectivity index (χ0v) is 10.3. The largest absolute Gasteiger partial charge is 0.369 e. The molecule has 0 bridgehead atoms. The Labute approximate surface area is 112 Å². The van der Waals surface area contributed by atoms with Gasteiger partial charge in [-0.05, 0) is 6.07 Å². The minimum absolute atomic E-state index is 0.0240. The fraction of sp³-hybridized carbons (Fsp3) is 0.300. The van der Waals surface area contributed by atoms with Crippen LogP contribution in [0.2, 0.25) is 5.15 Å². The van der Waals surface area contributed by atoms with E-state index < -0.39 is 22.7 Å². The molecule has 8 nitrogen and oxygen atoms in total. The van der Waals surface area contributed by atoms with Gasteiger partial charge in [0.1, 0.15) is 5.15 Å². The second-order valence-electron chi connectivity index (χ2n) is 4.04. The topological polar surface area (TPSA) is 119 Å². The van der Waals surface area contributed by atoms with Crippen molar-refractivity contribution in [3.05, 3.63) is 27.4 Å². The minimum Gasteiger partial charge on any atom is -0.369 e. The molecule has 1 fully saturated rings. The van der Waals surface area contributed by atoms with Crippen molar-refractivity contribution in [2.45, 2.75) is 6.42 Å². The van der Waals surface area contributed by atoms with E-state index in [9.17, 15) is 19.7 Å². The maximum absolute atomic E-state index is 11.8. The normalized spacial score (nSPS) is 18.7. The lowest BCUT2D eigenvalue weighted by atomic mass is 10.1. The Kier molecular flexibility index (Phi) is 3.34. The molecule has 0 aliphatic carbocycles. The van der Waals surface area contributed by atoms with Gasteiger partial charge in [-0.1, -0.05) is 11.6 Å². The number of rotatable bonds is 3. The fourth-order valence-corrected chi connectivity index (χ4v) is 2.01. The Bertz CT molecular complexity index is 577. The van der Waals surface area contributed by atoms with Crippen molar-refractivity contribution in [1.82, 2.24) is 4.98 Å². The van der Waals surface area contributed by atoms with Crippen LogP contribution in [-0.2, 0) is 9.59 Å². The first kappa shape index (κ1) is 13.2. The summed E-state index contributed by atoms with van der Waals surface area (Å²) in [6.07, 6.45) is -0.0827. The number of amides is 2. The van der Waals surface area contributed by atoms with E-state index >= 15 is 0 Å². The van der Waals surface area contributed by atoms with Crippen molar-refractivity contribution in [3.8, 4) is 0 Å². The minimum atomic E-state index is -0.673. The number of hydrogen-bond acceptors (Lipinski definition) is 5. The van der Waals surface area contributed by atoms with Crippen LogP contribution in [0.1, 0.15) is 6.42 Å². The van der Waals surface area contributed by atoms with Gasteiger partial charge in [-0.25, -0.2) is 4.98 Å². The molecular formula is C10H9ClN4O4. The average molecular weight is 285 g/mol. The van der Waals surface area contributed by atoms with E-state index in [2.05, 4.69) is 4.98 Å². The van der Waals surface area contributed by atoms with Gasteiger partial charge in [0.15, 0.2) is 0 Å². The quantitative estimate of drug-likeness (QED) is 0.492. The molecule has 2 N–H and O–H groups in total. The molecule has 1 unspecified atom stereocenters. The number of carbonyl (C=O) groups excluding carboxylic acids is 2. The van der Waals surface area contributed by atoms with Crippen LogP contribution in [0.15, 0.2) is 12.1 Å². The van der Waals surface area contributed by atoms with Gasteiger partial charge in [-0.15, -0.1) is 0 Å². The molecule has 1 aliphatic heterocycles. The Morgan fingerprint density at radius 3 is 2.79 bits per heavy atom. The highest BCUT2D eigenvalue weighted by molar-refractivity contribution is 6.29. The number of pyridine rings is 1. The first-order valence-corrected chi connectivity index (χ1v) is 5.68. The molecule has 9 heteroatoms. The fourth-order valence-electron chi connectivity index (χ4n) is 1.86. The van der Waals surface area contributed by atoms with Gasteiger partial charge >= 0.3 is 5.69 Å². The summed E-state index contributed by atoms with van der Waals surface area (Å²) in [5.74, 6) is -1.90. The summed E-state index contributed by atoms with van der Waals surface area (Å²) in [5.41, 5.74) is 4.79. The first-order chi connectivity index (χ1) is 8.90. The lowest BCUT2D eigenvalue weighted by Gasteiger charge is -2.14. The first-order valence-electron chi connectivity index (χ1n) is 5.30. The Morgan fingerprint density at radius 1 is 1.58 bits per heavy atom. The Balaban J connectivity index is 2.42. The highest BCUT2D eigenvalue weighted by Gasteiger charge is 2.37. The van der Waals surface area contributed by atoms with E-state index in [4.69, 9.17) is 17.3 Å². The number of aromatic nitrogens is 1. The van der Waals surface area contributed by atoms with E-state index in [0.29, 0.717) is 0 Å². The van der Waals surface area contributed by atoms with Crippen molar-refractivity contribution >= 4 is 34.9 Å². The molecule has 0 saturated carbocycles. The van der Waals surface area contributed by atoms with Crippen LogP contribution in [0.25, 0.3) is 0 Å². The summed E-state index contributed by atoms with van der Waals surface area (Å²) >= 11 is 5.68. The summed E-state index contributed by atoms with van der Waals surface area (Å²) in [7, 11) is 0. The van der Waals surface area contributed by atoms with Crippen LogP contribution < -0.4 is 10.6 Å². The monoisotopic (exact) mass is 284 g/mol. The van der Waals surface area contributed by atoms with Crippen molar-refractivity contribution in [1.29, 1.82) is 0 Å². The summed E-state index contributed by atoms with van der Waals surface area (Å²) in [6.45, 7) is -0.0254. The zero-order chi connectivity index (χ0) is 14.2. The van der Waals surface area contributed by atoms with Gasteiger partial charge in [-0.2, -0.15) is 0 Å². The highest BCUT2D eigenvalue weighted by atomic mass is 35.5. The standard InChI is InChI=1S/C10H9ClN4O4/c11-7-2-1-6(15(18)19)10(13-7)14-4-5(9(12)17)3-8(14)16/h1-2,5H,3-4H2,(H2,12,17). The Morgan fingerprint density at radius 2 is 2.26 bits per heavy atom. The van der Waals surface area contributed by atoms with Gasteiger partial charge in [0, 0.05) is 19.0 Å². The third-order valence-electron chi connectivity index (χ3n) is 2.80. The number of carbonyl (C=O) groups is 2. The molecule has 1 saturated heterocycles. The lowest BCUT2D eigenvalue weighted by molar-refractivity contribution is -0.384. The second-order valence-corrected chi connectivity index (χ2v) is 4.43. The maximum Gasteiger partial charge on any atom is 0.312 e. The van der Waals surface area contributed by atoms with Gasteiger partial charge in [-0.3, -0.25) is 24.6 Å². The molecular weight excluding hydrogens is 276 g/mol. The van der Waals surface area contributed by atoms with Crippen LogP contribution in [-0.4, -0.2) is 28.3 Å². The molecule has 1 atom stereocenters. The number of primary amides is 1. The molecule has 0 aromatic carbocycles. The third-order valence-corrected chi connectivity index (χ3v) is 3.01. The molecule has 0 spiro atoms. The molecule has 0 radical (unpaired) electrons. The molecule has 1 aromatic heterocycles. The van der Waals surface area contributed by atoms with Gasteiger partial charge in [0.25, 0.3) is 0 Å². The molecule has 1 aliphatic rings. The zero-order valence-electron chi connectivity index (χ0n) is 9.58. The number of nitrogens with two attached hydrogens (primary N) is 1. The van der Waals surface area contributed by atoms with E-state index in [0.717, 1.165) is 11.0 Å². The second kappa shape index (κ2) is 4.81. The average Bonchev–Trinajstić information content (AvgIpc) is 2.71. The molecule has 2 amide bonds. The summed E-state index contributed by atoms with van der Waals surface area (Å²) in [5, 5.41) is 10.9. The SMILES string of the molecule is NC(=O)C1CC(=O)N(c2nc(Cl)ccc2[N+](=O)[O-])C1. The van der Waals surface area contributed by atoms with Crippen molar-refractivity contribution in [3.63, 3.8) is 0 Å². The van der Waals surface area contributed by atoms with Crippen LogP contribution in [0, 0.1) is 16.0 Å². The molecule has 100 valence electrons. The number of halogens is 1. The van der Waals surface area contributed by atoms with E-state index in [-0.39, 0.29) is 29.6 Å². The van der Waals surface area contributed by atoms with E-state index in [1.807, 2.05) is 0 Å². The number of nitro groups is 1. The molecule has 2 heterocycles. The lowest BCUT2D eigenvalue weighted by Crippen LogP contribution is -2.29. The summed E-state index contributed by atoms with van der Waals surface area (Å²) < 4.78 is 0.